The quantitative estimate of drug-likeness (QED) is 0.711. The molecule has 0 N–H and O–H groups in total. The molecule has 0 aliphatic heterocycles. The number of hydrogen-bond donors (Lipinski definition) is 0. The fourth-order valence-corrected chi connectivity index (χ4v) is 2.90. The topological polar surface area (TPSA) is 33.2 Å². The summed E-state index contributed by atoms with van der Waals surface area (Å²) in [4.78, 5) is 18.7. The molecule has 1 amide bonds. The van der Waals surface area contributed by atoms with Crippen molar-refractivity contribution in [1.82, 2.24) is 9.88 Å². The Bertz CT molecular complexity index is 827. The zero-order valence-corrected chi connectivity index (χ0v) is 14.1. The van der Waals surface area contributed by atoms with Gasteiger partial charge in [0.2, 0.25) is 5.91 Å². The molecule has 1 heterocycles. The van der Waals surface area contributed by atoms with E-state index < -0.39 is 0 Å². The molecule has 3 nitrogen and oxygen atoms in total. The second-order valence-corrected chi connectivity index (χ2v) is 6.30. The fourth-order valence-electron chi connectivity index (χ4n) is 2.90. The summed E-state index contributed by atoms with van der Waals surface area (Å²) in [7, 11) is 3.61. The monoisotopic (exact) mass is 318 g/mol. The van der Waals surface area contributed by atoms with Gasteiger partial charge in [-0.15, -0.1) is 0 Å². The van der Waals surface area contributed by atoms with Crippen LogP contribution in [0.4, 0.5) is 0 Å². The number of hydrogen-bond acceptors (Lipinski definition) is 2. The van der Waals surface area contributed by atoms with Crippen LogP contribution in [0.25, 0.3) is 10.9 Å². The summed E-state index contributed by atoms with van der Waals surface area (Å²) in [6.45, 7) is 0. The van der Waals surface area contributed by atoms with Crippen molar-refractivity contribution in [3.8, 4) is 0 Å². The van der Waals surface area contributed by atoms with E-state index in [2.05, 4.69) is 30.3 Å². The molecule has 0 bridgehead atoms. The summed E-state index contributed by atoms with van der Waals surface area (Å²) in [5, 5.41) is 1.14. The zero-order valence-electron chi connectivity index (χ0n) is 14.1. The minimum Gasteiger partial charge on any atom is -0.349 e. The Morgan fingerprint density at radius 2 is 1.67 bits per heavy atom. The highest BCUT2D eigenvalue weighted by molar-refractivity contribution is 5.78. The van der Waals surface area contributed by atoms with Crippen molar-refractivity contribution in [3.05, 3.63) is 78.0 Å². The van der Waals surface area contributed by atoms with E-state index in [4.69, 9.17) is 4.98 Å². The van der Waals surface area contributed by atoms with E-state index in [0.29, 0.717) is 6.42 Å². The molecule has 0 saturated heterocycles. The first-order chi connectivity index (χ1) is 11.6. The van der Waals surface area contributed by atoms with Crippen LogP contribution in [-0.2, 0) is 11.2 Å². The zero-order chi connectivity index (χ0) is 16.9. The first-order valence-corrected chi connectivity index (χ1v) is 8.23. The summed E-state index contributed by atoms with van der Waals surface area (Å²) >= 11 is 0. The predicted molar refractivity (Wildman–Crippen MR) is 97.9 cm³/mol. The van der Waals surface area contributed by atoms with E-state index >= 15 is 0 Å². The molecule has 24 heavy (non-hydrogen) atoms. The minimum atomic E-state index is 0.134. The number of para-hydroxylation sites is 1. The Morgan fingerprint density at radius 1 is 0.958 bits per heavy atom. The van der Waals surface area contributed by atoms with Gasteiger partial charge in [0, 0.05) is 31.6 Å². The van der Waals surface area contributed by atoms with Crippen molar-refractivity contribution >= 4 is 16.8 Å². The SMILES string of the molecule is CN(C)C(=O)CC(Cc1ccc2ccccc2n1)c1ccccc1. The highest BCUT2D eigenvalue weighted by Crippen LogP contribution is 2.25. The molecule has 1 unspecified atom stereocenters. The molecule has 0 spiro atoms. The summed E-state index contributed by atoms with van der Waals surface area (Å²) in [5.41, 5.74) is 3.21. The van der Waals surface area contributed by atoms with Crippen molar-refractivity contribution in [2.75, 3.05) is 14.1 Å². The number of carbonyl (C=O) groups is 1. The van der Waals surface area contributed by atoms with E-state index in [1.807, 2.05) is 36.4 Å². The Hall–Kier alpha value is -2.68. The second kappa shape index (κ2) is 7.26. The fraction of sp³-hybridized carbons (Fsp3) is 0.238. The van der Waals surface area contributed by atoms with Gasteiger partial charge in [0.15, 0.2) is 0 Å². The van der Waals surface area contributed by atoms with Crippen LogP contribution in [0.3, 0.4) is 0 Å². The molecule has 1 aromatic heterocycles. The molecule has 0 saturated carbocycles. The molecule has 3 aromatic rings. The summed E-state index contributed by atoms with van der Waals surface area (Å²) < 4.78 is 0. The van der Waals surface area contributed by atoms with Crippen LogP contribution in [0.5, 0.6) is 0 Å². The molecule has 2 aromatic carbocycles. The van der Waals surface area contributed by atoms with Crippen molar-refractivity contribution < 1.29 is 4.79 Å². The van der Waals surface area contributed by atoms with E-state index in [9.17, 15) is 4.79 Å². The third-order valence-electron chi connectivity index (χ3n) is 4.30. The molecule has 0 fully saturated rings. The number of amides is 1. The Kier molecular flexibility index (Phi) is 4.90. The minimum absolute atomic E-state index is 0.134. The van der Waals surface area contributed by atoms with Crippen molar-refractivity contribution in [1.29, 1.82) is 0 Å². The van der Waals surface area contributed by atoms with Gasteiger partial charge in [-0.3, -0.25) is 9.78 Å². The van der Waals surface area contributed by atoms with Gasteiger partial charge in [-0.05, 0) is 30.0 Å². The van der Waals surface area contributed by atoms with E-state index in [0.717, 1.165) is 23.0 Å². The predicted octanol–water partition coefficient (Wildman–Crippen LogP) is 4.04. The Balaban J connectivity index is 1.88. The number of fused-ring (bicyclic) bond motifs is 1. The van der Waals surface area contributed by atoms with Crippen molar-refractivity contribution in [3.63, 3.8) is 0 Å². The smallest absolute Gasteiger partial charge is 0.222 e. The lowest BCUT2D eigenvalue weighted by molar-refractivity contribution is -0.129. The van der Waals surface area contributed by atoms with Crippen LogP contribution in [0.15, 0.2) is 66.7 Å². The maximum atomic E-state index is 12.2. The van der Waals surface area contributed by atoms with Crippen molar-refractivity contribution in [2.24, 2.45) is 0 Å². The highest BCUT2D eigenvalue weighted by Gasteiger charge is 2.18. The van der Waals surface area contributed by atoms with Crippen LogP contribution < -0.4 is 0 Å². The van der Waals surface area contributed by atoms with Crippen LogP contribution in [0.2, 0.25) is 0 Å². The van der Waals surface area contributed by atoms with Crippen molar-refractivity contribution in [2.45, 2.75) is 18.8 Å². The third kappa shape index (κ3) is 3.80. The molecule has 3 heteroatoms. The molecule has 1 atom stereocenters. The lowest BCUT2D eigenvalue weighted by Gasteiger charge is -2.19. The van der Waals surface area contributed by atoms with Gasteiger partial charge in [-0.25, -0.2) is 0 Å². The van der Waals surface area contributed by atoms with Gasteiger partial charge in [0.1, 0.15) is 0 Å². The summed E-state index contributed by atoms with van der Waals surface area (Å²) in [6.07, 6.45) is 1.25. The average Bonchev–Trinajstić information content (AvgIpc) is 2.61. The average molecular weight is 318 g/mol. The number of aromatic nitrogens is 1. The van der Waals surface area contributed by atoms with E-state index in [1.165, 1.54) is 5.56 Å². The van der Waals surface area contributed by atoms with Crippen LogP contribution in [0, 0.1) is 0 Å². The number of pyridine rings is 1. The van der Waals surface area contributed by atoms with Gasteiger partial charge in [-0.2, -0.15) is 0 Å². The maximum absolute atomic E-state index is 12.2. The largest absolute Gasteiger partial charge is 0.349 e. The lowest BCUT2D eigenvalue weighted by Crippen LogP contribution is -2.24. The third-order valence-corrected chi connectivity index (χ3v) is 4.30. The van der Waals surface area contributed by atoms with Gasteiger partial charge in [0.25, 0.3) is 0 Å². The Morgan fingerprint density at radius 3 is 2.42 bits per heavy atom. The molecule has 3 rings (SSSR count). The maximum Gasteiger partial charge on any atom is 0.222 e. The summed E-state index contributed by atoms with van der Waals surface area (Å²) in [5.74, 6) is 0.277. The second-order valence-electron chi connectivity index (χ2n) is 6.30. The highest BCUT2D eigenvalue weighted by atomic mass is 16.2. The number of rotatable bonds is 5. The van der Waals surface area contributed by atoms with Gasteiger partial charge in [0.05, 0.1) is 5.52 Å². The first-order valence-electron chi connectivity index (χ1n) is 8.23. The van der Waals surface area contributed by atoms with Crippen LogP contribution in [0.1, 0.15) is 23.6 Å². The van der Waals surface area contributed by atoms with Gasteiger partial charge >= 0.3 is 0 Å². The molecule has 0 aliphatic rings. The first kappa shape index (κ1) is 16.2. The molecule has 0 aliphatic carbocycles. The molecule has 0 radical (unpaired) electrons. The van der Waals surface area contributed by atoms with Gasteiger partial charge < -0.3 is 4.90 Å². The summed E-state index contributed by atoms with van der Waals surface area (Å²) in [6, 6.07) is 22.5. The normalized spacial score (nSPS) is 12.1. The van der Waals surface area contributed by atoms with E-state index in [1.54, 1.807) is 19.0 Å². The molecular formula is C21H22N2O. The van der Waals surface area contributed by atoms with Crippen LogP contribution in [-0.4, -0.2) is 29.9 Å². The lowest BCUT2D eigenvalue weighted by atomic mass is 9.90. The molecule has 122 valence electrons. The van der Waals surface area contributed by atoms with Gasteiger partial charge in [-0.1, -0.05) is 54.6 Å². The Labute approximate surface area is 143 Å². The standard InChI is InChI=1S/C21H22N2O/c1-23(2)21(24)15-18(16-8-4-3-5-9-16)14-19-13-12-17-10-6-7-11-20(17)22-19/h3-13,18H,14-15H2,1-2H3. The van der Waals surface area contributed by atoms with E-state index in [-0.39, 0.29) is 11.8 Å². The molecular weight excluding hydrogens is 296 g/mol. The number of benzene rings is 2. The van der Waals surface area contributed by atoms with Crippen LogP contribution >= 0.6 is 0 Å². The number of nitrogens with zero attached hydrogens (tertiary/aromatic N) is 2. The number of carbonyl (C=O) groups excluding carboxylic acids is 1.